The van der Waals surface area contributed by atoms with Crippen molar-refractivity contribution in [3.05, 3.63) is 11.6 Å². The molecule has 0 rings (SSSR count). The Kier molecular flexibility index (Phi) is 4.69. The van der Waals surface area contributed by atoms with Gasteiger partial charge in [0.05, 0.1) is 0 Å². The fraction of sp³-hybridized carbons (Fsp3) is 0.429. The van der Waals surface area contributed by atoms with Crippen molar-refractivity contribution in [2.45, 2.75) is 19.8 Å². The maximum Gasteiger partial charge on any atom is 0.145 e. The summed E-state index contributed by atoms with van der Waals surface area (Å²) in [5.74, 6) is 0. The lowest BCUT2D eigenvalue weighted by atomic mass is 10.2. The monoisotopic (exact) mass is 126 g/mol. The smallest absolute Gasteiger partial charge is 0.145 e. The summed E-state index contributed by atoms with van der Waals surface area (Å²) < 4.78 is 0. The zero-order valence-corrected chi connectivity index (χ0v) is 5.46. The molecule has 0 radical (unpaired) electrons. The number of rotatable bonds is 4. The van der Waals surface area contributed by atoms with Crippen molar-refractivity contribution in [3.8, 4) is 0 Å². The molecule has 0 aromatic rings. The molecule has 50 valence electrons. The predicted octanol–water partition coefficient (Wildman–Crippen LogP) is 1.11. The Morgan fingerprint density at radius 3 is 2.44 bits per heavy atom. The van der Waals surface area contributed by atoms with E-state index in [4.69, 9.17) is 0 Å². The van der Waals surface area contributed by atoms with Gasteiger partial charge in [0.25, 0.3) is 0 Å². The fourth-order valence-corrected chi connectivity index (χ4v) is 0.427. The zero-order chi connectivity index (χ0) is 7.11. The molecule has 2 nitrogen and oxygen atoms in total. The topological polar surface area (TPSA) is 34.1 Å². The van der Waals surface area contributed by atoms with Crippen molar-refractivity contribution in [1.82, 2.24) is 0 Å². The lowest BCUT2D eigenvalue weighted by Gasteiger charge is -1.84. The van der Waals surface area contributed by atoms with E-state index in [2.05, 4.69) is 0 Å². The first kappa shape index (κ1) is 8.08. The average Bonchev–Trinajstić information content (AvgIpc) is 1.89. The van der Waals surface area contributed by atoms with E-state index in [-0.39, 0.29) is 0 Å². The molecule has 0 amide bonds. The first-order chi connectivity index (χ1) is 4.31. The first-order valence-electron chi connectivity index (χ1n) is 2.87. The molecule has 0 aliphatic carbocycles. The van der Waals surface area contributed by atoms with E-state index in [9.17, 15) is 9.59 Å². The third-order valence-corrected chi connectivity index (χ3v) is 0.937. The van der Waals surface area contributed by atoms with Gasteiger partial charge in [0, 0.05) is 6.42 Å². The standard InChI is InChI=1S/C7H10O2/c1-7(6-9)4-2-3-5-8/h4-6H,2-3H2,1H3. The first-order valence-corrected chi connectivity index (χ1v) is 2.87. The van der Waals surface area contributed by atoms with E-state index in [1.54, 1.807) is 13.0 Å². The highest BCUT2D eigenvalue weighted by molar-refractivity contribution is 5.72. The van der Waals surface area contributed by atoms with Gasteiger partial charge in [-0.05, 0) is 18.9 Å². The maximum absolute atomic E-state index is 9.94. The van der Waals surface area contributed by atoms with Gasteiger partial charge in [0.1, 0.15) is 12.6 Å². The Morgan fingerprint density at radius 2 is 2.00 bits per heavy atom. The summed E-state index contributed by atoms with van der Waals surface area (Å²) in [7, 11) is 0. The SMILES string of the molecule is CC(C=O)=CCCC=O. The van der Waals surface area contributed by atoms with Gasteiger partial charge in [0.2, 0.25) is 0 Å². The summed E-state index contributed by atoms with van der Waals surface area (Å²) in [6.07, 6.45) is 4.56. The van der Waals surface area contributed by atoms with Crippen LogP contribution in [0.1, 0.15) is 19.8 Å². The summed E-state index contributed by atoms with van der Waals surface area (Å²) in [5, 5.41) is 0. The number of carbonyl (C=O) groups excluding carboxylic acids is 2. The van der Waals surface area contributed by atoms with Crippen LogP contribution in [-0.2, 0) is 9.59 Å². The van der Waals surface area contributed by atoms with Gasteiger partial charge < -0.3 is 4.79 Å². The van der Waals surface area contributed by atoms with Crippen LogP contribution in [0.4, 0.5) is 0 Å². The van der Waals surface area contributed by atoms with Gasteiger partial charge in [-0.1, -0.05) is 6.08 Å². The van der Waals surface area contributed by atoms with Crippen molar-refractivity contribution < 1.29 is 9.59 Å². The molecule has 9 heavy (non-hydrogen) atoms. The molecule has 0 N–H and O–H groups in total. The van der Waals surface area contributed by atoms with Crippen LogP contribution in [0.25, 0.3) is 0 Å². The lowest BCUT2D eigenvalue weighted by molar-refractivity contribution is -0.108. The normalized spacial score (nSPS) is 11.0. The molecule has 0 atom stereocenters. The third kappa shape index (κ3) is 4.94. The highest BCUT2D eigenvalue weighted by atomic mass is 16.1. The molecule has 0 aliphatic rings. The number of hydrogen-bond acceptors (Lipinski definition) is 2. The Balaban J connectivity index is 3.42. The summed E-state index contributed by atoms with van der Waals surface area (Å²) in [5.41, 5.74) is 0.692. The second-order valence-corrected chi connectivity index (χ2v) is 1.81. The third-order valence-electron chi connectivity index (χ3n) is 0.937. The minimum atomic E-state index is 0.505. The van der Waals surface area contributed by atoms with Gasteiger partial charge in [-0.15, -0.1) is 0 Å². The lowest BCUT2D eigenvalue weighted by Crippen LogP contribution is -1.77. The Bertz CT molecular complexity index is 125. The molecule has 0 aromatic carbocycles. The van der Waals surface area contributed by atoms with Gasteiger partial charge >= 0.3 is 0 Å². The molecule has 0 aliphatic heterocycles. The Labute approximate surface area is 54.6 Å². The number of allylic oxidation sites excluding steroid dienone is 2. The molecular formula is C7H10O2. The fourth-order valence-electron chi connectivity index (χ4n) is 0.427. The van der Waals surface area contributed by atoms with Crippen LogP contribution in [0, 0.1) is 0 Å². The van der Waals surface area contributed by atoms with Crippen LogP contribution >= 0.6 is 0 Å². The van der Waals surface area contributed by atoms with E-state index < -0.39 is 0 Å². The zero-order valence-electron chi connectivity index (χ0n) is 5.46. The number of unbranched alkanes of at least 4 members (excludes halogenated alkanes) is 1. The van der Waals surface area contributed by atoms with E-state index in [1.165, 1.54) is 0 Å². The summed E-state index contributed by atoms with van der Waals surface area (Å²) in [4.78, 5) is 19.7. The van der Waals surface area contributed by atoms with Crippen molar-refractivity contribution in [1.29, 1.82) is 0 Å². The van der Waals surface area contributed by atoms with Crippen molar-refractivity contribution in [3.63, 3.8) is 0 Å². The van der Waals surface area contributed by atoms with Crippen LogP contribution in [0.3, 0.4) is 0 Å². The van der Waals surface area contributed by atoms with E-state index in [0.29, 0.717) is 18.4 Å². The Morgan fingerprint density at radius 1 is 1.33 bits per heavy atom. The van der Waals surface area contributed by atoms with Gasteiger partial charge in [0.15, 0.2) is 0 Å². The largest absolute Gasteiger partial charge is 0.303 e. The van der Waals surface area contributed by atoms with Crippen LogP contribution in [0.2, 0.25) is 0 Å². The highest BCUT2D eigenvalue weighted by Crippen LogP contribution is 1.92. The van der Waals surface area contributed by atoms with Crippen LogP contribution in [0.5, 0.6) is 0 Å². The van der Waals surface area contributed by atoms with Gasteiger partial charge in [-0.2, -0.15) is 0 Å². The minimum Gasteiger partial charge on any atom is -0.303 e. The molecule has 0 saturated carbocycles. The van der Waals surface area contributed by atoms with Crippen molar-refractivity contribution >= 4 is 12.6 Å². The van der Waals surface area contributed by atoms with Crippen LogP contribution < -0.4 is 0 Å². The summed E-state index contributed by atoms with van der Waals surface area (Å²) >= 11 is 0. The maximum atomic E-state index is 9.94. The molecule has 0 fully saturated rings. The van der Waals surface area contributed by atoms with E-state index in [0.717, 1.165) is 12.6 Å². The molecule has 0 saturated heterocycles. The number of carbonyl (C=O) groups is 2. The predicted molar refractivity (Wildman–Crippen MR) is 35.1 cm³/mol. The Hall–Kier alpha value is -0.920. The number of hydrogen-bond donors (Lipinski definition) is 0. The van der Waals surface area contributed by atoms with E-state index >= 15 is 0 Å². The summed E-state index contributed by atoms with van der Waals surface area (Å²) in [6, 6.07) is 0. The van der Waals surface area contributed by atoms with Crippen LogP contribution in [-0.4, -0.2) is 12.6 Å². The second-order valence-electron chi connectivity index (χ2n) is 1.81. The van der Waals surface area contributed by atoms with E-state index in [1.807, 2.05) is 0 Å². The molecule has 0 spiro atoms. The summed E-state index contributed by atoms with van der Waals surface area (Å²) in [6.45, 7) is 1.72. The average molecular weight is 126 g/mol. The molecular weight excluding hydrogens is 116 g/mol. The van der Waals surface area contributed by atoms with Crippen molar-refractivity contribution in [2.24, 2.45) is 0 Å². The van der Waals surface area contributed by atoms with Gasteiger partial charge in [-0.3, -0.25) is 4.79 Å². The number of aldehydes is 2. The van der Waals surface area contributed by atoms with Crippen molar-refractivity contribution in [2.75, 3.05) is 0 Å². The highest BCUT2D eigenvalue weighted by Gasteiger charge is 1.82. The quantitative estimate of drug-likeness (QED) is 0.321. The molecule has 0 unspecified atom stereocenters. The van der Waals surface area contributed by atoms with Crippen LogP contribution in [0.15, 0.2) is 11.6 Å². The molecule has 0 aromatic heterocycles. The second kappa shape index (κ2) is 5.22. The molecule has 2 heteroatoms. The van der Waals surface area contributed by atoms with Gasteiger partial charge in [-0.25, -0.2) is 0 Å². The molecule has 0 heterocycles. The minimum absolute atomic E-state index is 0.505. The molecule has 0 bridgehead atoms.